The molecule has 2 aliphatic heterocycles. The Morgan fingerprint density at radius 1 is 1.10 bits per heavy atom. The van der Waals surface area contributed by atoms with Gasteiger partial charge in [-0.1, -0.05) is 24.3 Å². The summed E-state index contributed by atoms with van der Waals surface area (Å²) in [6, 6.07) is 6.20. The summed E-state index contributed by atoms with van der Waals surface area (Å²) in [7, 11) is 0. The number of rotatable bonds is 0. The van der Waals surface area contributed by atoms with Crippen molar-refractivity contribution in [3.05, 3.63) is 35.4 Å². The molecule has 0 amide bonds. The van der Waals surface area contributed by atoms with Crippen molar-refractivity contribution in [2.75, 3.05) is 6.61 Å². The third kappa shape index (κ3) is 1.03. The minimum atomic E-state index is -2.13. The van der Waals surface area contributed by atoms with Gasteiger partial charge in [0.2, 0.25) is 22.8 Å². The Kier molecular flexibility index (Phi) is 1.96. The first-order valence-corrected chi connectivity index (χ1v) is 6.25. The van der Waals surface area contributed by atoms with Gasteiger partial charge in [0.1, 0.15) is 6.10 Å². The number of hydrogen-bond acceptors (Lipinski definition) is 6. The smallest absolute Gasteiger partial charge is 0.309 e. The van der Waals surface area contributed by atoms with E-state index in [1.165, 1.54) is 12.1 Å². The van der Waals surface area contributed by atoms with Gasteiger partial charge in [0.25, 0.3) is 0 Å². The molecule has 0 saturated carbocycles. The summed E-state index contributed by atoms with van der Waals surface area (Å²) >= 11 is 0. The normalized spacial score (nSPS) is 38.2. The fourth-order valence-electron chi connectivity index (χ4n) is 3.35. The van der Waals surface area contributed by atoms with Crippen LogP contribution in [0.4, 0.5) is 0 Å². The number of ketones is 2. The first-order valence-electron chi connectivity index (χ1n) is 6.25. The largest absolute Gasteiger partial charge is 0.444 e. The van der Waals surface area contributed by atoms with Crippen LogP contribution < -0.4 is 0 Å². The Bertz CT molecular complexity index is 680. The molecule has 1 aromatic carbocycles. The number of benzene rings is 1. The lowest BCUT2D eigenvalue weighted by Gasteiger charge is -2.39. The highest BCUT2D eigenvalue weighted by Crippen LogP contribution is 2.50. The lowest BCUT2D eigenvalue weighted by molar-refractivity contribution is -0.156. The number of aliphatic hydroxyl groups is 1. The van der Waals surface area contributed by atoms with Crippen molar-refractivity contribution in [3.8, 4) is 0 Å². The van der Waals surface area contributed by atoms with Crippen molar-refractivity contribution >= 4 is 17.5 Å². The molecule has 1 aromatic rings. The van der Waals surface area contributed by atoms with E-state index >= 15 is 0 Å². The van der Waals surface area contributed by atoms with Gasteiger partial charge in [0.05, 0.1) is 13.0 Å². The minimum Gasteiger partial charge on any atom is -0.444 e. The molecular weight excluding hydrogens is 264 g/mol. The average Bonchev–Trinajstić information content (AvgIpc) is 2.92. The molecule has 3 aliphatic rings. The van der Waals surface area contributed by atoms with Gasteiger partial charge in [-0.3, -0.25) is 14.4 Å². The summed E-state index contributed by atoms with van der Waals surface area (Å²) < 4.78 is 10.5. The van der Waals surface area contributed by atoms with Crippen LogP contribution in [0.2, 0.25) is 0 Å². The third-order valence-electron chi connectivity index (χ3n) is 4.32. The van der Waals surface area contributed by atoms with Crippen molar-refractivity contribution in [1.29, 1.82) is 0 Å². The van der Waals surface area contributed by atoms with Gasteiger partial charge in [0.15, 0.2) is 0 Å². The summed E-state index contributed by atoms with van der Waals surface area (Å²) in [6.07, 6.45) is -1.05. The molecule has 1 aliphatic carbocycles. The number of ether oxygens (including phenoxy) is 2. The monoisotopic (exact) mass is 274 g/mol. The van der Waals surface area contributed by atoms with E-state index < -0.39 is 34.8 Å². The van der Waals surface area contributed by atoms with E-state index in [4.69, 9.17) is 9.47 Å². The number of carbonyl (C=O) groups excluding carboxylic acids is 3. The number of hydrogen-bond donors (Lipinski definition) is 1. The van der Waals surface area contributed by atoms with E-state index in [1.54, 1.807) is 12.1 Å². The van der Waals surface area contributed by atoms with Crippen molar-refractivity contribution in [1.82, 2.24) is 0 Å². The molecule has 1 spiro atoms. The lowest BCUT2D eigenvalue weighted by atomic mass is 9.67. The molecule has 20 heavy (non-hydrogen) atoms. The highest BCUT2D eigenvalue weighted by molar-refractivity contribution is 6.23. The van der Waals surface area contributed by atoms with Crippen LogP contribution in [-0.2, 0) is 14.3 Å². The van der Waals surface area contributed by atoms with Crippen LogP contribution in [0.5, 0.6) is 0 Å². The lowest BCUT2D eigenvalue weighted by Crippen LogP contribution is -2.67. The SMILES string of the molecule is O=C1C[C@H]2OC[C@@]3(O)C(=O)c4ccccc4C(=O)[C@]23O1. The number of Topliss-reactive ketones (excluding diaryl/α,β-unsaturated/α-hetero) is 2. The van der Waals surface area contributed by atoms with Gasteiger partial charge in [-0.05, 0) is 0 Å². The Morgan fingerprint density at radius 3 is 2.45 bits per heavy atom. The molecule has 0 unspecified atom stereocenters. The number of carbonyl (C=O) groups is 3. The Labute approximate surface area is 113 Å². The third-order valence-corrected chi connectivity index (χ3v) is 4.32. The predicted octanol–water partition coefficient (Wildman–Crippen LogP) is -0.119. The zero-order chi connectivity index (χ0) is 14.1. The number of fused-ring (bicyclic) bond motifs is 1. The molecule has 3 atom stereocenters. The maximum atomic E-state index is 12.7. The summed E-state index contributed by atoms with van der Waals surface area (Å²) in [5.41, 5.74) is -3.75. The molecule has 2 fully saturated rings. The predicted molar refractivity (Wildman–Crippen MR) is 63.2 cm³/mol. The summed E-state index contributed by atoms with van der Waals surface area (Å²) in [6.45, 7) is -0.343. The molecule has 6 nitrogen and oxygen atoms in total. The standard InChI is InChI=1S/C14H10O6/c15-10-5-9-14(20-10)12(17)8-4-2-1-3-7(8)11(16)13(14,18)6-19-9/h1-4,9,18H,5-6H2/t9-,13-,14-/m1/s1. The molecule has 0 radical (unpaired) electrons. The van der Waals surface area contributed by atoms with E-state index in [1.807, 2.05) is 0 Å². The molecule has 2 saturated heterocycles. The fourth-order valence-corrected chi connectivity index (χ4v) is 3.35. The maximum Gasteiger partial charge on any atom is 0.309 e. The second-order valence-electron chi connectivity index (χ2n) is 5.28. The number of esters is 1. The van der Waals surface area contributed by atoms with Gasteiger partial charge >= 0.3 is 5.97 Å². The maximum absolute atomic E-state index is 12.7. The van der Waals surface area contributed by atoms with Crippen molar-refractivity contribution in [2.45, 2.75) is 23.7 Å². The fraction of sp³-hybridized carbons (Fsp3) is 0.357. The Morgan fingerprint density at radius 2 is 1.75 bits per heavy atom. The van der Waals surface area contributed by atoms with Crippen LogP contribution in [0.3, 0.4) is 0 Å². The average molecular weight is 274 g/mol. The van der Waals surface area contributed by atoms with Crippen LogP contribution in [0.1, 0.15) is 27.1 Å². The van der Waals surface area contributed by atoms with Crippen LogP contribution >= 0.6 is 0 Å². The van der Waals surface area contributed by atoms with Crippen LogP contribution in [0, 0.1) is 0 Å². The molecule has 102 valence electrons. The van der Waals surface area contributed by atoms with E-state index in [9.17, 15) is 19.5 Å². The second kappa shape index (κ2) is 3.34. The molecule has 2 heterocycles. The van der Waals surface area contributed by atoms with E-state index in [0.29, 0.717) is 0 Å². The molecule has 6 heteroatoms. The van der Waals surface area contributed by atoms with Gasteiger partial charge < -0.3 is 14.6 Å². The molecule has 4 rings (SSSR count). The van der Waals surface area contributed by atoms with Crippen LogP contribution in [0.15, 0.2) is 24.3 Å². The van der Waals surface area contributed by atoms with Gasteiger partial charge in [-0.15, -0.1) is 0 Å². The summed E-state index contributed by atoms with van der Waals surface area (Å²) in [5, 5.41) is 10.7. The summed E-state index contributed by atoms with van der Waals surface area (Å²) in [4.78, 5) is 36.8. The highest BCUT2D eigenvalue weighted by atomic mass is 16.6. The van der Waals surface area contributed by atoms with Gasteiger partial charge in [-0.2, -0.15) is 0 Å². The van der Waals surface area contributed by atoms with Crippen LogP contribution in [0.25, 0.3) is 0 Å². The minimum absolute atomic E-state index is 0.135. The molecule has 0 bridgehead atoms. The van der Waals surface area contributed by atoms with Gasteiger partial charge in [0, 0.05) is 11.1 Å². The van der Waals surface area contributed by atoms with Gasteiger partial charge in [-0.25, -0.2) is 0 Å². The summed E-state index contributed by atoms with van der Waals surface area (Å²) in [5.74, 6) is -1.85. The molecule has 1 N–H and O–H groups in total. The van der Waals surface area contributed by atoms with Crippen molar-refractivity contribution < 1.29 is 29.0 Å². The first kappa shape index (κ1) is 11.7. The molecular formula is C14H10O6. The highest BCUT2D eigenvalue weighted by Gasteiger charge is 2.77. The van der Waals surface area contributed by atoms with Crippen molar-refractivity contribution in [2.24, 2.45) is 0 Å². The van der Waals surface area contributed by atoms with Crippen LogP contribution in [-0.4, -0.2) is 46.6 Å². The van der Waals surface area contributed by atoms with E-state index in [-0.39, 0.29) is 24.2 Å². The first-order chi connectivity index (χ1) is 9.50. The second-order valence-corrected chi connectivity index (χ2v) is 5.28. The molecule has 0 aromatic heterocycles. The Balaban J connectivity index is 2.03. The quantitative estimate of drug-likeness (QED) is 0.663. The Hall–Kier alpha value is -2.05. The van der Waals surface area contributed by atoms with Crippen molar-refractivity contribution in [3.63, 3.8) is 0 Å². The zero-order valence-electron chi connectivity index (χ0n) is 10.3. The topological polar surface area (TPSA) is 89.9 Å². The zero-order valence-corrected chi connectivity index (χ0v) is 10.3. The van der Waals surface area contributed by atoms with E-state index in [2.05, 4.69) is 0 Å². The van der Waals surface area contributed by atoms with E-state index in [0.717, 1.165) is 0 Å².